The van der Waals surface area contributed by atoms with E-state index in [2.05, 4.69) is 38.8 Å². The van der Waals surface area contributed by atoms with Gasteiger partial charge in [0.1, 0.15) is 11.5 Å². The zero-order valence-corrected chi connectivity index (χ0v) is 16.4. The lowest BCUT2D eigenvalue weighted by Gasteiger charge is -2.47. The van der Waals surface area contributed by atoms with Crippen molar-refractivity contribution in [3.63, 3.8) is 0 Å². The third kappa shape index (κ3) is 4.07. The Labute approximate surface area is 161 Å². The Morgan fingerprint density at radius 2 is 1.70 bits per heavy atom. The van der Waals surface area contributed by atoms with Crippen molar-refractivity contribution in [2.75, 3.05) is 78.0 Å². The van der Waals surface area contributed by atoms with Crippen molar-refractivity contribution in [1.82, 2.24) is 24.7 Å². The lowest BCUT2D eigenvalue weighted by molar-refractivity contribution is -0.0884. The quantitative estimate of drug-likeness (QED) is 0.731. The first-order valence-corrected chi connectivity index (χ1v) is 9.92. The molecule has 27 heavy (non-hydrogen) atoms. The highest BCUT2D eigenvalue weighted by Gasteiger charge is 2.39. The molecule has 148 valence electrons. The standard InChI is InChI=1S/C19H30N6O2/c1-22-5-3-19(4-6-22)15-25(11-12-27-19)17-14-20-13-16(21-17)18(26)24-9-7-23(2)8-10-24/h13-14H,3-12,15H2,1-2H3. The van der Waals surface area contributed by atoms with Gasteiger partial charge in [-0.15, -0.1) is 0 Å². The second-order valence-corrected chi connectivity index (χ2v) is 8.11. The van der Waals surface area contributed by atoms with Crippen LogP contribution in [0.5, 0.6) is 0 Å². The number of amides is 1. The smallest absolute Gasteiger partial charge is 0.274 e. The van der Waals surface area contributed by atoms with Crippen LogP contribution < -0.4 is 4.90 Å². The Morgan fingerprint density at radius 1 is 1.00 bits per heavy atom. The molecular weight excluding hydrogens is 344 g/mol. The summed E-state index contributed by atoms with van der Waals surface area (Å²) in [6.07, 6.45) is 5.44. The molecule has 3 saturated heterocycles. The predicted octanol–water partition coefficient (Wildman–Crippen LogP) is 0.165. The number of likely N-dealkylation sites (N-methyl/N-ethyl adjacent to an activating group) is 1. The maximum absolute atomic E-state index is 12.8. The van der Waals surface area contributed by atoms with E-state index >= 15 is 0 Å². The second-order valence-electron chi connectivity index (χ2n) is 8.11. The van der Waals surface area contributed by atoms with Gasteiger partial charge in [0.05, 0.1) is 24.6 Å². The molecule has 0 aliphatic carbocycles. The van der Waals surface area contributed by atoms with Crippen LogP contribution in [0.25, 0.3) is 0 Å². The SMILES string of the molecule is CN1CCN(C(=O)c2cncc(N3CCOC4(CCN(C)CC4)C3)n2)CC1. The van der Waals surface area contributed by atoms with Gasteiger partial charge in [0, 0.05) is 52.4 Å². The topological polar surface area (TPSA) is 65.0 Å². The molecule has 3 aliphatic rings. The van der Waals surface area contributed by atoms with E-state index in [9.17, 15) is 4.79 Å². The van der Waals surface area contributed by atoms with Crippen LogP contribution >= 0.6 is 0 Å². The van der Waals surface area contributed by atoms with Gasteiger partial charge in [-0.1, -0.05) is 0 Å². The molecule has 0 unspecified atom stereocenters. The summed E-state index contributed by atoms with van der Waals surface area (Å²) in [7, 11) is 4.24. The van der Waals surface area contributed by atoms with Crippen LogP contribution in [0.15, 0.2) is 12.4 Å². The fraction of sp³-hybridized carbons (Fsp3) is 0.737. The zero-order valence-electron chi connectivity index (χ0n) is 16.4. The summed E-state index contributed by atoms with van der Waals surface area (Å²) in [5.74, 6) is 0.774. The van der Waals surface area contributed by atoms with E-state index < -0.39 is 0 Å². The number of aromatic nitrogens is 2. The first-order valence-electron chi connectivity index (χ1n) is 9.92. The van der Waals surface area contributed by atoms with Crippen LogP contribution in [-0.4, -0.2) is 109 Å². The minimum atomic E-state index is -0.0933. The molecule has 3 fully saturated rings. The summed E-state index contributed by atoms with van der Waals surface area (Å²) in [6, 6.07) is 0. The van der Waals surface area contributed by atoms with E-state index in [1.54, 1.807) is 12.4 Å². The van der Waals surface area contributed by atoms with E-state index in [1.165, 1.54) is 0 Å². The maximum Gasteiger partial charge on any atom is 0.274 e. The van der Waals surface area contributed by atoms with Gasteiger partial charge in [0.15, 0.2) is 0 Å². The average Bonchev–Trinajstić information content (AvgIpc) is 2.71. The van der Waals surface area contributed by atoms with Crippen molar-refractivity contribution in [2.24, 2.45) is 0 Å². The van der Waals surface area contributed by atoms with Gasteiger partial charge in [-0.3, -0.25) is 9.78 Å². The van der Waals surface area contributed by atoms with Gasteiger partial charge >= 0.3 is 0 Å². The number of piperazine rings is 1. The van der Waals surface area contributed by atoms with Crippen molar-refractivity contribution >= 4 is 11.7 Å². The third-order valence-electron chi connectivity index (χ3n) is 6.10. The number of nitrogens with zero attached hydrogens (tertiary/aromatic N) is 6. The summed E-state index contributed by atoms with van der Waals surface area (Å²) in [4.78, 5) is 30.5. The number of likely N-dealkylation sites (tertiary alicyclic amines) is 1. The Morgan fingerprint density at radius 3 is 2.44 bits per heavy atom. The molecule has 1 aromatic rings. The molecule has 1 aromatic heterocycles. The molecule has 3 aliphatic heterocycles. The molecule has 8 heteroatoms. The molecule has 0 atom stereocenters. The lowest BCUT2D eigenvalue weighted by Crippen LogP contribution is -2.56. The Kier molecular flexibility index (Phi) is 5.29. The van der Waals surface area contributed by atoms with Crippen LogP contribution in [0.1, 0.15) is 23.3 Å². The Balaban J connectivity index is 1.46. The molecule has 0 saturated carbocycles. The number of carbonyl (C=O) groups excluding carboxylic acids is 1. The number of hydrogen-bond acceptors (Lipinski definition) is 7. The van der Waals surface area contributed by atoms with E-state index in [0.717, 1.165) is 71.0 Å². The number of ether oxygens (including phenoxy) is 1. The number of hydrogen-bond donors (Lipinski definition) is 0. The molecule has 0 aromatic carbocycles. The highest BCUT2D eigenvalue weighted by Crippen LogP contribution is 2.31. The highest BCUT2D eigenvalue weighted by atomic mass is 16.5. The summed E-state index contributed by atoms with van der Waals surface area (Å²) >= 11 is 0. The summed E-state index contributed by atoms with van der Waals surface area (Å²) in [6.45, 7) is 7.72. The molecular formula is C19H30N6O2. The van der Waals surface area contributed by atoms with Gasteiger partial charge in [-0.25, -0.2) is 4.98 Å². The van der Waals surface area contributed by atoms with Gasteiger partial charge in [0.2, 0.25) is 0 Å². The zero-order chi connectivity index (χ0) is 18.9. The molecule has 4 rings (SSSR count). The fourth-order valence-corrected chi connectivity index (χ4v) is 4.15. The fourth-order valence-electron chi connectivity index (χ4n) is 4.15. The van der Waals surface area contributed by atoms with Gasteiger partial charge in [-0.2, -0.15) is 0 Å². The van der Waals surface area contributed by atoms with Crippen LogP contribution in [0.3, 0.4) is 0 Å². The van der Waals surface area contributed by atoms with Crippen LogP contribution in [0.4, 0.5) is 5.82 Å². The number of piperidine rings is 1. The largest absolute Gasteiger partial charge is 0.371 e. The number of morpholine rings is 1. The van der Waals surface area contributed by atoms with Crippen LogP contribution in [0.2, 0.25) is 0 Å². The van der Waals surface area contributed by atoms with E-state index in [1.807, 2.05) is 4.90 Å². The molecule has 1 spiro atoms. The summed E-state index contributed by atoms with van der Waals surface area (Å²) in [5, 5.41) is 0. The molecule has 0 radical (unpaired) electrons. The van der Waals surface area contributed by atoms with E-state index in [0.29, 0.717) is 12.3 Å². The molecule has 8 nitrogen and oxygen atoms in total. The number of carbonyl (C=O) groups is 1. The highest BCUT2D eigenvalue weighted by molar-refractivity contribution is 5.92. The first-order chi connectivity index (χ1) is 13.0. The summed E-state index contributed by atoms with van der Waals surface area (Å²) < 4.78 is 6.19. The monoisotopic (exact) mass is 374 g/mol. The van der Waals surface area contributed by atoms with Crippen molar-refractivity contribution < 1.29 is 9.53 Å². The lowest BCUT2D eigenvalue weighted by atomic mass is 9.89. The molecule has 4 heterocycles. The average molecular weight is 374 g/mol. The minimum absolute atomic E-state index is 0.0142. The van der Waals surface area contributed by atoms with E-state index in [4.69, 9.17) is 4.74 Å². The van der Waals surface area contributed by atoms with Gasteiger partial charge in [0.25, 0.3) is 5.91 Å². The Hall–Kier alpha value is -1.77. The number of anilines is 1. The van der Waals surface area contributed by atoms with Crippen molar-refractivity contribution in [1.29, 1.82) is 0 Å². The first kappa shape index (κ1) is 18.6. The van der Waals surface area contributed by atoms with Crippen LogP contribution in [-0.2, 0) is 4.74 Å². The van der Waals surface area contributed by atoms with Crippen LogP contribution in [0, 0.1) is 0 Å². The minimum Gasteiger partial charge on any atom is -0.371 e. The summed E-state index contributed by atoms with van der Waals surface area (Å²) in [5.41, 5.74) is 0.352. The normalized spacial score (nSPS) is 24.4. The van der Waals surface area contributed by atoms with Crippen molar-refractivity contribution in [2.45, 2.75) is 18.4 Å². The molecule has 1 amide bonds. The van der Waals surface area contributed by atoms with Crippen molar-refractivity contribution in [3.8, 4) is 0 Å². The van der Waals surface area contributed by atoms with Gasteiger partial charge in [-0.05, 0) is 26.9 Å². The predicted molar refractivity (Wildman–Crippen MR) is 103 cm³/mol. The molecule has 0 bridgehead atoms. The van der Waals surface area contributed by atoms with E-state index in [-0.39, 0.29) is 11.5 Å². The second kappa shape index (κ2) is 7.69. The van der Waals surface area contributed by atoms with Gasteiger partial charge < -0.3 is 24.3 Å². The molecule has 0 N–H and O–H groups in total. The number of rotatable bonds is 2. The van der Waals surface area contributed by atoms with Crippen molar-refractivity contribution in [3.05, 3.63) is 18.1 Å². The third-order valence-corrected chi connectivity index (χ3v) is 6.10. The Bertz CT molecular complexity index is 668. The maximum atomic E-state index is 12.8.